The van der Waals surface area contributed by atoms with Crippen LogP contribution in [-0.2, 0) is 11.3 Å². The second-order valence-electron chi connectivity index (χ2n) is 5.50. The molecule has 0 saturated carbocycles. The molecule has 0 aliphatic carbocycles. The van der Waals surface area contributed by atoms with Crippen LogP contribution in [0, 0.1) is 5.82 Å². The molecule has 0 radical (unpaired) electrons. The SMILES string of the molecule is CCn1c(SCC(=O)Nc2ccc(F)c(Cl)c2)nnc1-c1ccccc1Cl. The highest BCUT2D eigenvalue weighted by Gasteiger charge is 2.16. The van der Waals surface area contributed by atoms with E-state index in [9.17, 15) is 9.18 Å². The standard InChI is InChI=1S/C18H15Cl2FN4OS/c1-2-25-17(12-5-3-4-6-13(12)19)23-24-18(25)27-10-16(26)22-11-7-8-15(21)14(20)9-11/h3-9H,2,10H2,1H3,(H,22,26). The molecule has 2 aromatic carbocycles. The summed E-state index contributed by atoms with van der Waals surface area (Å²) < 4.78 is 15.1. The number of rotatable bonds is 6. The van der Waals surface area contributed by atoms with Gasteiger partial charge in [-0.05, 0) is 37.3 Å². The fourth-order valence-electron chi connectivity index (χ4n) is 2.42. The molecule has 1 N–H and O–H groups in total. The smallest absolute Gasteiger partial charge is 0.234 e. The Kier molecular flexibility index (Phi) is 6.36. The van der Waals surface area contributed by atoms with Crippen LogP contribution in [0.4, 0.5) is 10.1 Å². The summed E-state index contributed by atoms with van der Waals surface area (Å²) in [5.74, 6) is -0.0218. The number of anilines is 1. The Morgan fingerprint density at radius 2 is 1.96 bits per heavy atom. The van der Waals surface area contributed by atoms with Crippen molar-refractivity contribution in [2.45, 2.75) is 18.6 Å². The van der Waals surface area contributed by atoms with E-state index in [2.05, 4.69) is 15.5 Å². The van der Waals surface area contributed by atoms with Gasteiger partial charge in [-0.25, -0.2) is 4.39 Å². The largest absolute Gasteiger partial charge is 0.325 e. The lowest BCUT2D eigenvalue weighted by atomic mass is 10.2. The highest BCUT2D eigenvalue weighted by atomic mass is 35.5. The summed E-state index contributed by atoms with van der Waals surface area (Å²) in [6, 6.07) is 11.4. The summed E-state index contributed by atoms with van der Waals surface area (Å²) in [4.78, 5) is 12.2. The van der Waals surface area contributed by atoms with Crippen LogP contribution in [0.2, 0.25) is 10.0 Å². The maximum atomic E-state index is 13.2. The van der Waals surface area contributed by atoms with Crippen molar-refractivity contribution >= 4 is 46.6 Å². The van der Waals surface area contributed by atoms with E-state index in [4.69, 9.17) is 23.2 Å². The zero-order chi connectivity index (χ0) is 19.4. The second kappa shape index (κ2) is 8.73. The second-order valence-corrected chi connectivity index (χ2v) is 7.25. The molecular weight excluding hydrogens is 410 g/mol. The van der Waals surface area contributed by atoms with Crippen LogP contribution in [-0.4, -0.2) is 26.4 Å². The fourth-order valence-corrected chi connectivity index (χ4v) is 3.63. The van der Waals surface area contributed by atoms with Gasteiger partial charge in [-0.15, -0.1) is 10.2 Å². The number of nitrogens with one attached hydrogen (secondary N) is 1. The number of carbonyl (C=O) groups excluding carboxylic acids is 1. The molecule has 27 heavy (non-hydrogen) atoms. The number of amides is 1. The number of nitrogens with zero attached hydrogens (tertiary/aromatic N) is 3. The maximum absolute atomic E-state index is 13.2. The zero-order valence-electron chi connectivity index (χ0n) is 14.2. The van der Waals surface area contributed by atoms with E-state index >= 15 is 0 Å². The van der Waals surface area contributed by atoms with Crippen molar-refractivity contribution in [2.24, 2.45) is 0 Å². The first-order valence-electron chi connectivity index (χ1n) is 8.05. The van der Waals surface area contributed by atoms with E-state index in [1.165, 1.54) is 30.0 Å². The van der Waals surface area contributed by atoms with Crippen molar-refractivity contribution in [2.75, 3.05) is 11.1 Å². The fraction of sp³-hybridized carbons (Fsp3) is 0.167. The van der Waals surface area contributed by atoms with Crippen molar-refractivity contribution in [1.29, 1.82) is 0 Å². The molecule has 0 atom stereocenters. The molecule has 1 amide bonds. The van der Waals surface area contributed by atoms with Crippen LogP contribution in [0.15, 0.2) is 47.6 Å². The Bertz CT molecular complexity index is 980. The van der Waals surface area contributed by atoms with Gasteiger partial charge in [0.1, 0.15) is 5.82 Å². The first-order valence-corrected chi connectivity index (χ1v) is 9.79. The summed E-state index contributed by atoms with van der Waals surface area (Å²) in [5.41, 5.74) is 1.21. The van der Waals surface area contributed by atoms with Gasteiger partial charge in [-0.1, -0.05) is 47.1 Å². The van der Waals surface area contributed by atoms with E-state index in [1.807, 2.05) is 29.7 Å². The van der Waals surface area contributed by atoms with Crippen LogP contribution in [0.3, 0.4) is 0 Å². The third-order valence-corrected chi connectivity index (χ3v) is 5.27. The first-order chi connectivity index (χ1) is 13.0. The van der Waals surface area contributed by atoms with Crippen molar-refractivity contribution in [3.8, 4) is 11.4 Å². The van der Waals surface area contributed by atoms with Gasteiger partial charge in [-0.3, -0.25) is 4.79 Å². The Morgan fingerprint density at radius 1 is 1.19 bits per heavy atom. The maximum Gasteiger partial charge on any atom is 0.234 e. The summed E-state index contributed by atoms with van der Waals surface area (Å²) in [7, 11) is 0. The van der Waals surface area contributed by atoms with Gasteiger partial charge in [0.05, 0.1) is 15.8 Å². The molecule has 1 aromatic heterocycles. The molecule has 1 heterocycles. The molecule has 0 aliphatic heterocycles. The minimum Gasteiger partial charge on any atom is -0.325 e. The summed E-state index contributed by atoms with van der Waals surface area (Å²) in [6.07, 6.45) is 0. The lowest BCUT2D eigenvalue weighted by Crippen LogP contribution is -2.14. The van der Waals surface area contributed by atoms with Crippen molar-refractivity contribution in [3.05, 3.63) is 58.3 Å². The number of halogens is 3. The number of hydrogen-bond donors (Lipinski definition) is 1. The summed E-state index contributed by atoms with van der Waals surface area (Å²) >= 11 is 13.2. The predicted octanol–water partition coefficient (Wildman–Crippen LogP) is 5.14. The Morgan fingerprint density at radius 3 is 2.67 bits per heavy atom. The van der Waals surface area contributed by atoms with Gasteiger partial charge in [0.25, 0.3) is 0 Å². The quantitative estimate of drug-likeness (QED) is 0.556. The minimum absolute atomic E-state index is 0.0458. The van der Waals surface area contributed by atoms with E-state index in [0.717, 1.165) is 5.56 Å². The molecule has 0 fully saturated rings. The van der Waals surface area contributed by atoms with Gasteiger partial charge >= 0.3 is 0 Å². The molecule has 0 bridgehead atoms. The van der Waals surface area contributed by atoms with Crippen LogP contribution in [0.5, 0.6) is 0 Å². The lowest BCUT2D eigenvalue weighted by molar-refractivity contribution is -0.113. The Hall–Kier alpha value is -2.09. The number of carbonyl (C=O) groups is 1. The van der Waals surface area contributed by atoms with E-state index in [0.29, 0.717) is 28.2 Å². The van der Waals surface area contributed by atoms with Crippen LogP contribution < -0.4 is 5.32 Å². The molecule has 0 unspecified atom stereocenters. The van der Waals surface area contributed by atoms with Gasteiger partial charge in [-0.2, -0.15) is 0 Å². The third kappa shape index (κ3) is 4.61. The number of aromatic nitrogens is 3. The highest BCUT2D eigenvalue weighted by Crippen LogP contribution is 2.29. The molecule has 0 saturated heterocycles. The van der Waals surface area contributed by atoms with Crippen molar-refractivity contribution in [3.63, 3.8) is 0 Å². The number of benzene rings is 2. The molecule has 9 heteroatoms. The first kappa shape index (κ1) is 19.7. The van der Waals surface area contributed by atoms with E-state index in [1.54, 1.807) is 6.07 Å². The third-order valence-electron chi connectivity index (χ3n) is 3.68. The minimum atomic E-state index is -0.535. The monoisotopic (exact) mass is 424 g/mol. The average Bonchev–Trinajstić information content (AvgIpc) is 3.06. The van der Waals surface area contributed by atoms with Crippen LogP contribution in [0.1, 0.15) is 6.92 Å². The molecule has 0 spiro atoms. The van der Waals surface area contributed by atoms with Crippen molar-refractivity contribution < 1.29 is 9.18 Å². The van der Waals surface area contributed by atoms with Gasteiger partial charge < -0.3 is 9.88 Å². The summed E-state index contributed by atoms with van der Waals surface area (Å²) in [6.45, 7) is 2.60. The van der Waals surface area contributed by atoms with Crippen LogP contribution in [0.25, 0.3) is 11.4 Å². The normalized spacial score (nSPS) is 10.8. The lowest BCUT2D eigenvalue weighted by Gasteiger charge is -2.09. The van der Waals surface area contributed by atoms with E-state index < -0.39 is 5.82 Å². The van der Waals surface area contributed by atoms with Gasteiger partial charge in [0, 0.05) is 17.8 Å². The molecule has 0 aliphatic rings. The molecule has 3 aromatic rings. The van der Waals surface area contributed by atoms with Gasteiger partial charge in [0.2, 0.25) is 5.91 Å². The molecule has 5 nitrogen and oxygen atoms in total. The van der Waals surface area contributed by atoms with Crippen LogP contribution >= 0.6 is 35.0 Å². The van der Waals surface area contributed by atoms with E-state index in [-0.39, 0.29) is 16.7 Å². The van der Waals surface area contributed by atoms with Crippen molar-refractivity contribution in [1.82, 2.24) is 14.8 Å². The summed E-state index contributed by atoms with van der Waals surface area (Å²) in [5, 5.41) is 12.2. The topological polar surface area (TPSA) is 59.8 Å². The highest BCUT2D eigenvalue weighted by molar-refractivity contribution is 7.99. The number of thioether (sulfide) groups is 1. The van der Waals surface area contributed by atoms with Gasteiger partial charge in [0.15, 0.2) is 11.0 Å². The average molecular weight is 425 g/mol. The molecular formula is C18H15Cl2FN4OS. The molecule has 140 valence electrons. The predicted molar refractivity (Wildman–Crippen MR) is 107 cm³/mol. The Balaban J connectivity index is 1.70. The number of hydrogen-bond acceptors (Lipinski definition) is 4. The Labute approximate surface area is 169 Å². The molecule has 3 rings (SSSR count). The zero-order valence-corrected chi connectivity index (χ0v) is 16.6.